The van der Waals surface area contributed by atoms with Crippen LogP contribution in [0.1, 0.15) is 53.4 Å². The minimum Gasteiger partial charge on any atom is -0.296 e. The Morgan fingerprint density at radius 2 is 1.75 bits per heavy atom. The number of likely N-dealkylation sites (tertiary alicyclic amines) is 1. The van der Waals surface area contributed by atoms with Crippen LogP contribution in [0.2, 0.25) is 0 Å². The van der Waals surface area contributed by atoms with Crippen LogP contribution in [-0.4, -0.2) is 23.0 Å². The van der Waals surface area contributed by atoms with Gasteiger partial charge in [-0.15, -0.1) is 0 Å². The number of nitrogens with zero attached hydrogens (tertiary/aromatic N) is 1. The molecule has 0 N–H and O–H groups in total. The van der Waals surface area contributed by atoms with Crippen molar-refractivity contribution in [1.29, 1.82) is 0 Å². The van der Waals surface area contributed by atoms with Crippen LogP contribution < -0.4 is 0 Å². The minimum atomic E-state index is 0.406. The summed E-state index contributed by atoms with van der Waals surface area (Å²) in [5.74, 6) is 0. The Labute approximate surface area is 77.1 Å². The van der Waals surface area contributed by atoms with Crippen LogP contribution in [0.5, 0.6) is 0 Å². The highest BCUT2D eigenvalue weighted by Gasteiger charge is 2.39. The van der Waals surface area contributed by atoms with E-state index in [0.29, 0.717) is 11.1 Å². The fourth-order valence-corrected chi connectivity index (χ4v) is 2.38. The molecule has 0 radical (unpaired) electrons. The smallest absolute Gasteiger partial charge is 0.0181 e. The first-order chi connectivity index (χ1) is 5.42. The monoisotopic (exact) mass is 169 g/mol. The van der Waals surface area contributed by atoms with Gasteiger partial charge in [0.25, 0.3) is 0 Å². The van der Waals surface area contributed by atoms with Crippen molar-refractivity contribution in [1.82, 2.24) is 4.90 Å². The molecule has 0 bridgehead atoms. The lowest BCUT2D eigenvalue weighted by molar-refractivity contribution is -0.0157. The topological polar surface area (TPSA) is 3.24 Å². The zero-order valence-corrected chi connectivity index (χ0v) is 9.28. The van der Waals surface area contributed by atoms with Gasteiger partial charge in [-0.2, -0.15) is 0 Å². The van der Waals surface area contributed by atoms with E-state index in [1.54, 1.807) is 0 Å². The molecule has 1 saturated heterocycles. The van der Waals surface area contributed by atoms with Gasteiger partial charge in [-0.1, -0.05) is 6.92 Å². The van der Waals surface area contributed by atoms with Crippen LogP contribution >= 0.6 is 0 Å². The van der Waals surface area contributed by atoms with Crippen molar-refractivity contribution in [2.45, 2.75) is 64.5 Å². The number of rotatable bonds is 1. The van der Waals surface area contributed by atoms with Crippen molar-refractivity contribution in [3.63, 3.8) is 0 Å². The van der Waals surface area contributed by atoms with Crippen molar-refractivity contribution >= 4 is 0 Å². The molecule has 1 unspecified atom stereocenters. The van der Waals surface area contributed by atoms with Gasteiger partial charge >= 0.3 is 0 Å². The summed E-state index contributed by atoms with van der Waals surface area (Å²) in [6.45, 7) is 9.42. The van der Waals surface area contributed by atoms with E-state index in [-0.39, 0.29) is 0 Å². The first-order valence-electron chi connectivity index (χ1n) is 5.16. The molecule has 0 aromatic carbocycles. The van der Waals surface area contributed by atoms with Gasteiger partial charge < -0.3 is 0 Å². The summed E-state index contributed by atoms with van der Waals surface area (Å²) < 4.78 is 0. The normalized spacial score (nSPS) is 36.8. The Balaban J connectivity index is 2.79. The fourth-order valence-electron chi connectivity index (χ4n) is 2.38. The van der Waals surface area contributed by atoms with Crippen LogP contribution in [0.25, 0.3) is 0 Å². The second-order valence-electron chi connectivity index (χ2n) is 5.08. The summed E-state index contributed by atoms with van der Waals surface area (Å²) in [5.41, 5.74) is 0.852. The Kier molecular flexibility index (Phi) is 2.53. The average Bonchev–Trinajstić information content (AvgIpc) is 2.00. The third kappa shape index (κ3) is 1.52. The lowest BCUT2D eigenvalue weighted by Crippen LogP contribution is -2.57. The third-order valence-corrected chi connectivity index (χ3v) is 3.98. The van der Waals surface area contributed by atoms with Gasteiger partial charge in [0.2, 0.25) is 0 Å². The molecule has 1 heterocycles. The summed E-state index contributed by atoms with van der Waals surface area (Å²) in [6.07, 6.45) is 5.37. The molecule has 0 amide bonds. The Morgan fingerprint density at radius 1 is 1.17 bits per heavy atom. The molecule has 0 aliphatic carbocycles. The quantitative estimate of drug-likeness (QED) is 0.583. The molecule has 0 spiro atoms. The van der Waals surface area contributed by atoms with Gasteiger partial charge in [-0.3, -0.25) is 4.90 Å². The van der Waals surface area contributed by atoms with Gasteiger partial charge in [0.05, 0.1) is 0 Å². The highest BCUT2D eigenvalue weighted by Crippen LogP contribution is 2.38. The second-order valence-corrected chi connectivity index (χ2v) is 5.08. The Bertz CT molecular complexity index is 162. The molecule has 0 aromatic heterocycles. The average molecular weight is 169 g/mol. The van der Waals surface area contributed by atoms with Gasteiger partial charge in [-0.25, -0.2) is 0 Å². The van der Waals surface area contributed by atoms with E-state index >= 15 is 0 Å². The van der Waals surface area contributed by atoms with Gasteiger partial charge in [0.1, 0.15) is 0 Å². The summed E-state index contributed by atoms with van der Waals surface area (Å²) in [4.78, 5) is 2.57. The second kappa shape index (κ2) is 3.02. The van der Waals surface area contributed by atoms with Gasteiger partial charge in [0, 0.05) is 11.1 Å². The van der Waals surface area contributed by atoms with Crippen LogP contribution in [0.4, 0.5) is 0 Å². The number of hydrogen-bond acceptors (Lipinski definition) is 1. The molecule has 1 nitrogen and oxygen atoms in total. The van der Waals surface area contributed by atoms with E-state index in [0.717, 1.165) is 0 Å². The number of piperidine rings is 1. The molecular weight excluding hydrogens is 146 g/mol. The maximum Gasteiger partial charge on any atom is 0.0181 e. The highest BCUT2D eigenvalue weighted by molar-refractivity contribution is 4.96. The highest BCUT2D eigenvalue weighted by atomic mass is 15.2. The number of hydrogen-bond donors (Lipinski definition) is 0. The van der Waals surface area contributed by atoms with E-state index < -0.39 is 0 Å². The van der Waals surface area contributed by atoms with Crippen molar-refractivity contribution in [2.24, 2.45) is 0 Å². The third-order valence-electron chi connectivity index (χ3n) is 3.98. The molecule has 1 fully saturated rings. The van der Waals surface area contributed by atoms with E-state index in [1.165, 1.54) is 25.7 Å². The largest absolute Gasteiger partial charge is 0.296 e. The van der Waals surface area contributed by atoms with Crippen molar-refractivity contribution < 1.29 is 0 Å². The standard InChI is InChI=1S/C11H23N/c1-6-11(4)9-7-8-10(2,3)12(11)5/h6-9H2,1-5H3. The van der Waals surface area contributed by atoms with Crippen molar-refractivity contribution in [2.75, 3.05) is 7.05 Å². The van der Waals surface area contributed by atoms with Crippen molar-refractivity contribution in [3.8, 4) is 0 Å². The lowest BCUT2D eigenvalue weighted by atomic mass is 9.78. The van der Waals surface area contributed by atoms with Crippen LogP contribution in [-0.2, 0) is 0 Å². The molecule has 0 aromatic rings. The van der Waals surface area contributed by atoms with E-state index in [2.05, 4.69) is 39.6 Å². The zero-order chi connectivity index (χ0) is 9.41. The van der Waals surface area contributed by atoms with E-state index in [1.807, 2.05) is 0 Å². The molecule has 72 valence electrons. The molecule has 0 saturated carbocycles. The summed E-state index contributed by atoms with van der Waals surface area (Å²) >= 11 is 0. The zero-order valence-electron chi connectivity index (χ0n) is 9.28. The first kappa shape index (κ1) is 10.0. The van der Waals surface area contributed by atoms with E-state index in [9.17, 15) is 0 Å². The molecule has 12 heavy (non-hydrogen) atoms. The van der Waals surface area contributed by atoms with Crippen molar-refractivity contribution in [3.05, 3.63) is 0 Å². The maximum absolute atomic E-state index is 2.57. The molecule has 1 rings (SSSR count). The predicted molar refractivity (Wildman–Crippen MR) is 54.4 cm³/mol. The molecular formula is C11H23N. The SMILES string of the molecule is CCC1(C)CCCC(C)(C)N1C. The lowest BCUT2D eigenvalue weighted by Gasteiger charge is -2.52. The minimum absolute atomic E-state index is 0.406. The molecule has 1 atom stereocenters. The maximum atomic E-state index is 2.57. The summed E-state index contributed by atoms with van der Waals surface area (Å²) in [6, 6.07) is 0. The fraction of sp³-hybridized carbons (Fsp3) is 1.00. The van der Waals surface area contributed by atoms with E-state index in [4.69, 9.17) is 0 Å². The first-order valence-corrected chi connectivity index (χ1v) is 5.16. The van der Waals surface area contributed by atoms with Gasteiger partial charge in [-0.05, 0) is 53.5 Å². The van der Waals surface area contributed by atoms with Gasteiger partial charge in [0.15, 0.2) is 0 Å². The summed E-state index contributed by atoms with van der Waals surface area (Å²) in [5, 5.41) is 0. The van der Waals surface area contributed by atoms with Crippen LogP contribution in [0, 0.1) is 0 Å². The van der Waals surface area contributed by atoms with Crippen LogP contribution in [0.3, 0.4) is 0 Å². The summed E-state index contributed by atoms with van der Waals surface area (Å²) in [7, 11) is 2.28. The van der Waals surface area contributed by atoms with Crippen LogP contribution in [0.15, 0.2) is 0 Å². The molecule has 1 aliphatic rings. The Morgan fingerprint density at radius 3 is 2.17 bits per heavy atom. The predicted octanol–water partition coefficient (Wildman–Crippen LogP) is 3.05. The molecule has 1 aliphatic heterocycles. The molecule has 1 heteroatoms. The Hall–Kier alpha value is -0.0400.